The first kappa shape index (κ1) is 15.1. The number of halogens is 2. The molecular weight excluding hydrogens is 324 g/mol. The van der Waals surface area contributed by atoms with Crippen LogP contribution in [0.3, 0.4) is 0 Å². The highest BCUT2D eigenvalue weighted by Gasteiger charge is 2.23. The van der Waals surface area contributed by atoms with Crippen LogP contribution < -0.4 is 4.90 Å². The van der Waals surface area contributed by atoms with Crippen LogP contribution in [0.5, 0.6) is 0 Å². The summed E-state index contributed by atoms with van der Waals surface area (Å²) in [6.45, 7) is 5.64. The molecule has 1 aromatic carbocycles. The molecule has 1 saturated heterocycles. The van der Waals surface area contributed by atoms with Crippen LogP contribution in [0.4, 0.5) is 5.69 Å². The zero-order valence-electron chi connectivity index (χ0n) is 11.7. The van der Waals surface area contributed by atoms with Crippen molar-refractivity contribution >= 4 is 33.2 Å². The van der Waals surface area contributed by atoms with Gasteiger partial charge in [-0.3, -0.25) is 0 Å². The van der Waals surface area contributed by atoms with Crippen LogP contribution in [0, 0.1) is 0 Å². The Hall–Kier alpha value is -0.250. The van der Waals surface area contributed by atoms with Crippen molar-refractivity contribution in [3.8, 4) is 0 Å². The Bertz CT molecular complexity index is 425. The molecule has 1 unspecified atom stereocenters. The van der Waals surface area contributed by atoms with Gasteiger partial charge in [0.05, 0.1) is 10.7 Å². The largest absolute Gasteiger partial charge is 0.366 e. The smallest absolute Gasteiger partial charge is 0.0642 e. The predicted molar refractivity (Wildman–Crippen MR) is 87.6 cm³/mol. The summed E-state index contributed by atoms with van der Waals surface area (Å²) in [7, 11) is 2.21. The third-order valence-electron chi connectivity index (χ3n) is 3.85. The van der Waals surface area contributed by atoms with Crippen molar-refractivity contribution in [3.63, 3.8) is 0 Å². The van der Waals surface area contributed by atoms with Gasteiger partial charge in [0.25, 0.3) is 0 Å². The standard InChI is InChI=1S/C15H22BrClN2/c1-3-13-11-18(2)7-4-8-19(13)15-6-5-12(10-16)9-14(15)17/h5-6,9,13H,3-4,7-8,10-11H2,1-2H3. The Morgan fingerprint density at radius 2 is 2.16 bits per heavy atom. The number of hydrogen-bond donors (Lipinski definition) is 0. The van der Waals surface area contributed by atoms with Gasteiger partial charge >= 0.3 is 0 Å². The molecule has 0 aliphatic carbocycles. The maximum absolute atomic E-state index is 6.48. The van der Waals surface area contributed by atoms with Gasteiger partial charge < -0.3 is 9.80 Å². The van der Waals surface area contributed by atoms with E-state index in [2.05, 4.69) is 57.9 Å². The molecule has 2 rings (SSSR count). The first-order chi connectivity index (χ1) is 9.15. The minimum atomic E-state index is 0.555. The summed E-state index contributed by atoms with van der Waals surface area (Å²) < 4.78 is 0. The number of nitrogens with zero attached hydrogens (tertiary/aromatic N) is 2. The normalized spacial score (nSPS) is 21.5. The summed E-state index contributed by atoms with van der Waals surface area (Å²) in [5.41, 5.74) is 2.42. The number of anilines is 1. The number of alkyl halides is 1. The summed E-state index contributed by atoms with van der Waals surface area (Å²) in [5.74, 6) is 0. The molecule has 19 heavy (non-hydrogen) atoms. The van der Waals surface area contributed by atoms with E-state index in [0.717, 1.165) is 29.9 Å². The topological polar surface area (TPSA) is 6.48 Å². The molecule has 0 aromatic heterocycles. The fourth-order valence-electron chi connectivity index (χ4n) is 2.78. The van der Waals surface area contributed by atoms with Crippen LogP contribution in [0.2, 0.25) is 5.02 Å². The van der Waals surface area contributed by atoms with E-state index < -0.39 is 0 Å². The van der Waals surface area contributed by atoms with E-state index in [4.69, 9.17) is 11.6 Å². The van der Waals surface area contributed by atoms with Crippen molar-refractivity contribution in [2.24, 2.45) is 0 Å². The van der Waals surface area contributed by atoms with E-state index >= 15 is 0 Å². The van der Waals surface area contributed by atoms with E-state index in [0.29, 0.717) is 6.04 Å². The van der Waals surface area contributed by atoms with E-state index in [1.54, 1.807) is 0 Å². The molecule has 1 aromatic rings. The van der Waals surface area contributed by atoms with Gasteiger partial charge in [0.15, 0.2) is 0 Å². The van der Waals surface area contributed by atoms with Gasteiger partial charge in [0.1, 0.15) is 0 Å². The minimum absolute atomic E-state index is 0.555. The molecule has 0 N–H and O–H groups in total. The molecule has 0 radical (unpaired) electrons. The van der Waals surface area contributed by atoms with Crippen molar-refractivity contribution in [1.29, 1.82) is 0 Å². The zero-order chi connectivity index (χ0) is 13.8. The van der Waals surface area contributed by atoms with Crippen LogP contribution in [0.25, 0.3) is 0 Å². The molecular formula is C15H22BrClN2. The van der Waals surface area contributed by atoms with E-state index in [1.165, 1.54) is 24.2 Å². The summed E-state index contributed by atoms with van der Waals surface area (Å²) >= 11 is 9.96. The van der Waals surface area contributed by atoms with Gasteiger partial charge in [-0.2, -0.15) is 0 Å². The van der Waals surface area contributed by atoms with Crippen molar-refractivity contribution < 1.29 is 0 Å². The fraction of sp³-hybridized carbons (Fsp3) is 0.600. The predicted octanol–water partition coefficient (Wildman–Crippen LogP) is 4.16. The van der Waals surface area contributed by atoms with Crippen molar-refractivity contribution in [2.45, 2.75) is 31.1 Å². The average Bonchev–Trinajstić information content (AvgIpc) is 2.60. The van der Waals surface area contributed by atoms with Crippen LogP contribution >= 0.6 is 27.5 Å². The molecule has 106 valence electrons. The molecule has 0 amide bonds. The van der Waals surface area contributed by atoms with E-state index in [-0.39, 0.29) is 0 Å². The van der Waals surface area contributed by atoms with Gasteiger partial charge in [-0.1, -0.05) is 40.5 Å². The van der Waals surface area contributed by atoms with Gasteiger partial charge in [0.2, 0.25) is 0 Å². The lowest BCUT2D eigenvalue weighted by molar-refractivity contribution is 0.328. The summed E-state index contributed by atoms with van der Waals surface area (Å²) in [6.07, 6.45) is 2.35. The van der Waals surface area contributed by atoms with Crippen molar-refractivity contribution in [2.75, 3.05) is 31.6 Å². The van der Waals surface area contributed by atoms with Crippen LogP contribution in [-0.4, -0.2) is 37.6 Å². The highest BCUT2D eigenvalue weighted by atomic mass is 79.9. The van der Waals surface area contributed by atoms with Gasteiger partial charge in [-0.25, -0.2) is 0 Å². The molecule has 0 bridgehead atoms. The Morgan fingerprint density at radius 1 is 1.37 bits per heavy atom. The molecule has 1 atom stereocenters. The Kier molecular flexibility index (Phi) is 5.55. The molecule has 4 heteroatoms. The Balaban J connectivity index is 2.27. The first-order valence-electron chi connectivity index (χ1n) is 6.95. The van der Waals surface area contributed by atoms with E-state index in [9.17, 15) is 0 Å². The highest BCUT2D eigenvalue weighted by molar-refractivity contribution is 9.08. The monoisotopic (exact) mass is 344 g/mol. The lowest BCUT2D eigenvalue weighted by Gasteiger charge is -2.33. The average molecular weight is 346 g/mol. The van der Waals surface area contributed by atoms with Crippen molar-refractivity contribution in [1.82, 2.24) is 4.90 Å². The second-order valence-electron chi connectivity index (χ2n) is 5.29. The minimum Gasteiger partial charge on any atom is -0.366 e. The Labute approximate surface area is 129 Å². The third-order valence-corrected chi connectivity index (χ3v) is 4.80. The Morgan fingerprint density at radius 3 is 2.79 bits per heavy atom. The number of benzene rings is 1. The number of hydrogen-bond acceptors (Lipinski definition) is 2. The van der Waals surface area contributed by atoms with Crippen molar-refractivity contribution in [3.05, 3.63) is 28.8 Å². The molecule has 1 heterocycles. The van der Waals surface area contributed by atoms with E-state index in [1.807, 2.05) is 0 Å². The molecule has 1 fully saturated rings. The molecule has 1 aliphatic heterocycles. The first-order valence-corrected chi connectivity index (χ1v) is 8.45. The molecule has 1 aliphatic rings. The molecule has 0 spiro atoms. The second-order valence-corrected chi connectivity index (χ2v) is 6.26. The van der Waals surface area contributed by atoms with Crippen LogP contribution in [0.1, 0.15) is 25.3 Å². The SMILES string of the molecule is CCC1CN(C)CCCN1c1ccc(CBr)cc1Cl. The van der Waals surface area contributed by atoms with Gasteiger partial charge in [-0.05, 0) is 44.1 Å². The maximum Gasteiger partial charge on any atom is 0.0642 e. The third kappa shape index (κ3) is 3.65. The lowest BCUT2D eigenvalue weighted by atomic mass is 10.1. The quantitative estimate of drug-likeness (QED) is 0.759. The summed E-state index contributed by atoms with van der Waals surface area (Å²) in [4.78, 5) is 4.92. The summed E-state index contributed by atoms with van der Waals surface area (Å²) in [6, 6.07) is 6.97. The zero-order valence-corrected chi connectivity index (χ0v) is 14.0. The number of rotatable bonds is 3. The van der Waals surface area contributed by atoms with Gasteiger partial charge in [0, 0.05) is 24.5 Å². The molecule has 0 saturated carbocycles. The number of likely N-dealkylation sites (N-methyl/N-ethyl adjacent to an activating group) is 1. The molecule has 2 nitrogen and oxygen atoms in total. The summed E-state index contributed by atoms with van der Waals surface area (Å²) in [5, 5.41) is 1.73. The second kappa shape index (κ2) is 6.96. The fourth-order valence-corrected chi connectivity index (χ4v) is 3.44. The van der Waals surface area contributed by atoms with Gasteiger partial charge in [-0.15, -0.1) is 0 Å². The van der Waals surface area contributed by atoms with Crippen LogP contribution in [-0.2, 0) is 5.33 Å². The highest BCUT2D eigenvalue weighted by Crippen LogP contribution is 2.31. The maximum atomic E-state index is 6.48. The van der Waals surface area contributed by atoms with Crippen LogP contribution in [0.15, 0.2) is 18.2 Å². The lowest BCUT2D eigenvalue weighted by Crippen LogP contribution is -2.40.